The van der Waals surface area contributed by atoms with E-state index in [1.54, 1.807) is 0 Å². The van der Waals surface area contributed by atoms with Crippen LogP contribution >= 0.6 is 0 Å². The van der Waals surface area contributed by atoms with Crippen LogP contribution < -0.4 is 5.73 Å². The van der Waals surface area contributed by atoms with Gasteiger partial charge in [0, 0.05) is 30.2 Å². The topological polar surface area (TPSA) is 46.6 Å². The number of fused-ring (bicyclic) bond motifs is 1. The molecule has 1 unspecified atom stereocenters. The van der Waals surface area contributed by atoms with Gasteiger partial charge in [-0.3, -0.25) is 4.90 Å². The van der Waals surface area contributed by atoms with Crippen LogP contribution in [0.25, 0.3) is 5.65 Å². The zero-order chi connectivity index (χ0) is 13.4. The largest absolute Gasteiger partial charge is 0.399 e. The summed E-state index contributed by atoms with van der Waals surface area (Å²) < 4.78 is 2.07. The summed E-state index contributed by atoms with van der Waals surface area (Å²) in [5.41, 5.74) is 8.72. The summed E-state index contributed by atoms with van der Waals surface area (Å²) in [5.74, 6) is 0. The number of nitrogen functional groups attached to an aromatic ring is 1. The summed E-state index contributed by atoms with van der Waals surface area (Å²) in [6, 6.07) is 4.88. The summed E-state index contributed by atoms with van der Waals surface area (Å²) in [4.78, 5) is 7.34. The minimum atomic E-state index is 0.454. The minimum Gasteiger partial charge on any atom is -0.399 e. The number of likely N-dealkylation sites (tertiary alicyclic amines) is 1. The number of aromatic nitrogens is 2. The van der Waals surface area contributed by atoms with Crippen LogP contribution in [-0.4, -0.2) is 26.9 Å². The number of piperidine rings is 1. The first kappa shape index (κ1) is 12.5. The molecule has 2 N–H and O–H groups in total. The van der Waals surface area contributed by atoms with Gasteiger partial charge in [-0.1, -0.05) is 6.42 Å². The molecule has 102 valence electrons. The maximum atomic E-state index is 5.82. The highest BCUT2D eigenvalue weighted by Gasteiger charge is 2.27. The summed E-state index contributed by atoms with van der Waals surface area (Å²) >= 11 is 0. The van der Waals surface area contributed by atoms with Gasteiger partial charge in [0.25, 0.3) is 0 Å². The van der Waals surface area contributed by atoms with Crippen LogP contribution in [0.4, 0.5) is 5.69 Å². The minimum absolute atomic E-state index is 0.454. The average Bonchev–Trinajstić information content (AvgIpc) is 2.81. The Morgan fingerprint density at radius 3 is 3.00 bits per heavy atom. The number of rotatable bonds is 2. The van der Waals surface area contributed by atoms with Gasteiger partial charge in [0.05, 0.1) is 11.7 Å². The van der Waals surface area contributed by atoms with Gasteiger partial charge < -0.3 is 10.1 Å². The number of hydrogen-bond acceptors (Lipinski definition) is 3. The lowest BCUT2D eigenvalue weighted by molar-refractivity contribution is 0.109. The van der Waals surface area contributed by atoms with E-state index in [9.17, 15) is 0 Å². The smallest absolute Gasteiger partial charge is 0.139 e. The molecule has 1 aliphatic heterocycles. The number of anilines is 1. The molecule has 3 heterocycles. The van der Waals surface area contributed by atoms with Crippen LogP contribution in [0.5, 0.6) is 0 Å². The first-order chi connectivity index (χ1) is 9.15. The number of nitrogens with two attached hydrogens (primary N) is 1. The highest BCUT2D eigenvalue weighted by Crippen LogP contribution is 2.32. The van der Waals surface area contributed by atoms with Gasteiger partial charge in [-0.05, 0) is 39.3 Å². The number of nitrogens with zero attached hydrogens (tertiary/aromatic N) is 3. The van der Waals surface area contributed by atoms with Crippen molar-refractivity contribution >= 4 is 11.3 Å². The summed E-state index contributed by atoms with van der Waals surface area (Å²) in [6.45, 7) is 5.72. The fourth-order valence-electron chi connectivity index (χ4n) is 3.07. The lowest BCUT2D eigenvalue weighted by Gasteiger charge is -2.37. The second kappa shape index (κ2) is 4.85. The van der Waals surface area contributed by atoms with Crippen LogP contribution in [-0.2, 0) is 0 Å². The number of pyridine rings is 1. The first-order valence-corrected chi connectivity index (χ1v) is 7.15. The molecule has 0 saturated carbocycles. The van der Waals surface area contributed by atoms with Crippen molar-refractivity contribution in [2.24, 2.45) is 0 Å². The van der Waals surface area contributed by atoms with Crippen molar-refractivity contribution in [3.05, 3.63) is 30.2 Å². The maximum Gasteiger partial charge on any atom is 0.139 e. The van der Waals surface area contributed by atoms with Crippen molar-refractivity contribution in [3.63, 3.8) is 0 Å². The molecule has 2 aromatic rings. The maximum absolute atomic E-state index is 5.82. The zero-order valence-corrected chi connectivity index (χ0v) is 11.7. The number of imidazole rings is 1. The van der Waals surface area contributed by atoms with Crippen LogP contribution in [0.15, 0.2) is 24.5 Å². The Kier molecular flexibility index (Phi) is 3.19. The van der Waals surface area contributed by atoms with Gasteiger partial charge in [-0.15, -0.1) is 0 Å². The fraction of sp³-hybridized carbons (Fsp3) is 0.533. The Labute approximate surface area is 114 Å². The molecule has 1 aliphatic rings. The van der Waals surface area contributed by atoms with Gasteiger partial charge in [-0.25, -0.2) is 4.98 Å². The fourth-order valence-corrected chi connectivity index (χ4v) is 3.07. The van der Waals surface area contributed by atoms with E-state index in [2.05, 4.69) is 29.3 Å². The van der Waals surface area contributed by atoms with Gasteiger partial charge in [-0.2, -0.15) is 0 Å². The Morgan fingerprint density at radius 1 is 1.37 bits per heavy atom. The van der Waals surface area contributed by atoms with Crippen molar-refractivity contribution < 1.29 is 0 Å². The van der Waals surface area contributed by atoms with E-state index in [0.29, 0.717) is 12.1 Å². The normalized spacial score (nSPS) is 21.3. The lowest BCUT2D eigenvalue weighted by Crippen LogP contribution is -2.38. The third kappa shape index (κ3) is 2.32. The van der Waals surface area contributed by atoms with Crippen molar-refractivity contribution in [1.82, 2.24) is 14.3 Å². The standard InChI is InChI=1S/C15H22N4/c1-11(2)19-7-4-3-5-14(19)13-10-18-8-6-12(16)9-15(18)17-13/h6,8-11,14H,3-5,7,16H2,1-2H3. The highest BCUT2D eigenvalue weighted by atomic mass is 15.2. The first-order valence-electron chi connectivity index (χ1n) is 7.15. The Balaban J connectivity index is 1.97. The van der Waals surface area contributed by atoms with Gasteiger partial charge in [0.2, 0.25) is 0 Å². The molecule has 0 aromatic carbocycles. The molecule has 0 radical (unpaired) electrons. The number of hydrogen-bond donors (Lipinski definition) is 1. The van der Waals surface area contributed by atoms with E-state index >= 15 is 0 Å². The van der Waals surface area contributed by atoms with Gasteiger partial charge in [0.15, 0.2) is 0 Å². The average molecular weight is 258 g/mol. The Bertz CT molecular complexity index is 573. The van der Waals surface area contributed by atoms with Crippen molar-refractivity contribution in [2.45, 2.75) is 45.2 Å². The summed E-state index contributed by atoms with van der Waals surface area (Å²) in [7, 11) is 0. The van der Waals surface area contributed by atoms with E-state index in [1.807, 2.05) is 18.3 Å². The van der Waals surface area contributed by atoms with E-state index in [4.69, 9.17) is 10.7 Å². The second-order valence-electron chi connectivity index (χ2n) is 5.73. The van der Waals surface area contributed by atoms with Crippen molar-refractivity contribution in [3.8, 4) is 0 Å². The van der Waals surface area contributed by atoms with E-state index < -0.39 is 0 Å². The molecule has 4 heteroatoms. The third-order valence-electron chi connectivity index (χ3n) is 4.05. The van der Waals surface area contributed by atoms with E-state index in [0.717, 1.165) is 11.3 Å². The van der Waals surface area contributed by atoms with E-state index in [-0.39, 0.29) is 0 Å². The van der Waals surface area contributed by atoms with Gasteiger partial charge in [0.1, 0.15) is 5.65 Å². The molecule has 1 saturated heterocycles. The molecule has 1 fully saturated rings. The SMILES string of the molecule is CC(C)N1CCCCC1c1cn2ccc(N)cc2n1. The molecule has 0 spiro atoms. The monoisotopic (exact) mass is 258 g/mol. The van der Waals surface area contributed by atoms with Gasteiger partial charge >= 0.3 is 0 Å². The molecule has 1 atom stereocenters. The van der Waals surface area contributed by atoms with Crippen molar-refractivity contribution in [2.75, 3.05) is 12.3 Å². The predicted molar refractivity (Wildman–Crippen MR) is 78.0 cm³/mol. The molecule has 0 aliphatic carbocycles. The molecule has 4 nitrogen and oxygen atoms in total. The molecule has 19 heavy (non-hydrogen) atoms. The zero-order valence-electron chi connectivity index (χ0n) is 11.7. The highest BCUT2D eigenvalue weighted by molar-refractivity contribution is 5.52. The van der Waals surface area contributed by atoms with Crippen LogP contribution in [0, 0.1) is 0 Å². The molecule has 3 rings (SSSR count). The Morgan fingerprint density at radius 2 is 2.21 bits per heavy atom. The molecular weight excluding hydrogens is 236 g/mol. The van der Waals surface area contributed by atoms with Crippen molar-refractivity contribution in [1.29, 1.82) is 0 Å². The molecule has 0 bridgehead atoms. The summed E-state index contributed by atoms with van der Waals surface area (Å²) in [6.07, 6.45) is 7.94. The van der Waals surface area contributed by atoms with E-state index in [1.165, 1.54) is 31.5 Å². The lowest BCUT2D eigenvalue weighted by atomic mass is 9.98. The predicted octanol–water partition coefficient (Wildman–Crippen LogP) is 2.85. The van der Waals surface area contributed by atoms with Crippen LogP contribution in [0.3, 0.4) is 0 Å². The Hall–Kier alpha value is -1.55. The van der Waals surface area contributed by atoms with Crippen LogP contribution in [0.1, 0.15) is 44.8 Å². The molecule has 2 aromatic heterocycles. The molecular formula is C15H22N4. The second-order valence-corrected chi connectivity index (χ2v) is 5.73. The summed E-state index contributed by atoms with van der Waals surface area (Å²) in [5, 5.41) is 0. The van der Waals surface area contributed by atoms with Crippen LogP contribution in [0.2, 0.25) is 0 Å². The third-order valence-corrected chi connectivity index (χ3v) is 4.05. The molecule has 0 amide bonds. The quantitative estimate of drug-likeness (QED) is 0.901.